The molecule has 239 valence electrons. The quantitative estimate of drug-likeness (QED) is 0.124. The molecule has 3 aliphatic rings. The first-order valence-corrected chi connectivity index (χ1v) is 13.6. The van der Waals surface area contributed by atoms with Crippen LogP contribution < -0.4 is 21.3 Å². The molecule has 14 heteroatoms. The zero-order valence-corrected chi connectivity index (χ0v) is 26.6. The summed E-state index contributed by atoms with van der Waals surface area (Å²) in [5, 5.41) is 51.1. The molecule has 1 radical (unpaired) electrons. The number of amides is 2. The Bertz CT molecular complexity index is 1460. The summed E-state index contributed by atoms with van der Waals surface area (Å²) in [4.78, 5) is 55.6. The van der Waals surface area contributed by atoms with Crippen molar-refractivity contribution in [1.82, 2.24) is 10.2 Å². The largest absolute Gasteiger partial charge is 0.510 e. The van der Waals surface area contributed by atoms with Crippen LogP contribution in [0.2, 0.25) is 0 Å². The van der Waals surface area contributed by atoms with Gasteiger partial charge >= 0.3 is 0 Å². The van der Waals surface area contributed by atoms with Crippen LogP contribution in [-0.4, -0.2) is 101 Å². The number of nitrogens with zero attached hydrogens (tertiary/aromatic N) is 2. The fourth-order valence-electron chi connectivity index (χ4n) is 6.33. The number of phenolic OH excluding ortho intramolecular Hbond substituents is 1. The number of fused-ring (bicyclic) bond motifs is 3. The van der Waals surface area contributed by atoms with E-state index in [1.807, 2.05) is 20.8 Å². The molecule has 3 aliphatic carbocycles. The van der Waals surface area contributed by atoms with E-state index in [-0.39, 0.29) is 64.1 Å². The molecule has 0 saturated heterocycles. The SMILES string of the molecule is CN(C)c1cc(NC(=O)CNC(C)(C)C)c(O)c2c1C[C@H]1C[C@H]3[C@H](N(C)C)C(O)=C(C(N)=O)C(=O)[C@@]3(O)C(O)=C1C2=O.[Ag]. The van der Waals surface area contributed by atoms with Crippen LogP contribution in [0.1, 0.15) is 43.1 Å². The molecular weight excluding hydrogens is 654 g/mol. The number of ketones is 2. The average molecular weight is 694 g/mol. The Morgan fingerprint density at radius 1 is 1.12 bits per heavy atom. The number of likely N-dealkylation sites (N-methyl/N-ethyl adjacent to an activating group) is 1. The molecule has 0 bridgehead atoms. The smallest absolute Gasteiger partial charge is 0.255 e. The zero-order valence-electron chi connectivity index (χ0n) is 25.1. The van der Waals surface area contributed by atoms with E-state index >= 15 is 0 Å². The van der Waals surface area contributed by atoms with Gasteiger partial charge in [-0.2, -0.15) is 0 Å². The van der Waals surface area contributed by atoms with E-state index in [4.69, 9.17) is 5.73 Å². The molecular formula is C29H39AgN5O8. The van der Waals surface area contributed by atoms with Gasteiger partial charge in [0.2, 0.25) is 11.7 Å². The third-order valence-corrected chi connectivity index (χ3v) is 8.23. The van der Waals surface area contributed by atoms with Crippen molar-refractivity contribution in [3.63, 3.8) is 0 Å². The van der Waals surface area contributed by atoms with Crippen molar-refractivity contribution in [1.29, 1.82) is 0 Å². The van der Waals surface area contributed by atoms with Gasteiger partial charge in [0.15, 0.2) is 17.1 Å². The number of carbonyl (C=O) groups excluding carboxylic acids is 4. The molecule has 0 aliphatic heterocycles. The number of aliphatic hydroxyl groups is 3. The number of aliphatic hydroxyl groups excluding tert-OH is 2. The van der Waals surface area contributed by atoms with Crippen LogP contribution in [0.3, 0.4) is 0 Å². The second-order valence-electron chi connectivity index (χ2n) is 12.7. The van der Waals surface area contributed by atoms with Crippen LogP contribution in [0, 0.1) is 11.8 Å². The first kappa shape index (κ1) is 34.3. The van der Waals surface area contributed by atoms with Crippen LogP contribution >= 0.6 is 0 Å². The van der Waals surface area contributed by atoms with Gasteiger partial charge in [-0.25, -0.2) is 0 Å². The minimum absolute atomic E-state index is 0. The second-order valence-corrected chi connectivity index (χ2v) is 12.7. The maximum absolute atomic E-state index is 14.1. The molecule has 8 N–H and O–H groups in total. The Morgan fingerprint density at radius 2 is 1.72 bits per heavy atom. The zero-order chi connectivity index (χ0) is 31.6. The average Bonchev–Trinajstić information content (AvgIpc) is 2.85. The van der Waals surface area contributed by atoms with Gasteiger partial charge in [0.05, 0.1) is 23.8 Å². The molecule has 1 aromatic rings. The van der Waals surface area contributed by atoms with Crippen LogP contribution in [0.25, 0.3) is 0 Å². The van der Waals surface area contributed by atoms with Crippen molar-refractivity contribution >= 4 is 34.8 Å². The summed E-state index contributed by atoms with van der Waals surface area (Å²) in [6.45, 7) is 5.60. The molecule has 0 unspecified atom stereocenters. The third kappa shape index (κ3) is 5.61. The van der Waals surface area contributed by atoms with Crippen molar-refractivity contribution in [3.8, 4) is 5.75 Å². The summed E-state index contributed by atoms with van der Waals surface area (Å²) in [6, 6.07) is 0.487. The number of carbonyl (C=O) groups is 4. The van der Waals surface area contributed by atoms with Crippen molar-refractivity contribution in [2.24, 2.45) is 17.6 Å². The predicted octanol–water partition coefficient (Wildman–Crippen LogP) is 0.511. The van der Waals surface area contributed by atoms with Crippen molar-refractivity contribution < 1.29 is 62.0 Å². The number of rotatable bonds is 6. The van der Waals surface area contributed by atoms with Crippen LogP contribution in [0.4, 0.5) is 11.4 Å². The van der Waals surface area contributed by atoms with Crippen molar-refractivity contribution in [2.75, 3.05) is 45.0 Å². The number of benzene rings is 1. The van der Waals surface area contributed by atoms with Crippen LogP contribution in [-0.2, 0) is 43.2 Å². The Kier molecular flexibility index (Phi) is 9.34. The Morgan fingerprint density at radius 3 is 2.23 bits per heavy atom. The van der Waals surface area contributed by atoms with Crippen molar-refractivity contribution in [3.05, 3.63) is 39.9 Å². The molecule has 4 rings (SSSR count). The summed E-state index contributed by atoms with van der Waals surface area (Å²) < 4.78 is 0. The molecule has 4 atom stereocenters. The van der Waals surface area contributed by atoms with E-state index in [1.165, 1.54) is 4.90 Å². The molecule has 0 aromatic heterocycles. The molecule has 2 amide bonds. The van der Waals surface area contributed by atoms with Gasteiger partial charge in [0, 0.05) is 59.2 Å². The van der Waals surface area contributed by atoms with E-state index in [2.05, 4.69) is 10.6 Å². The maximum atomic E-state index is 14.1. The molecule has 0 heterocycles. The number of Topliss-reactive ketones (excluding diaryl/α,β-unsaturated/α-hetero) is 2. The van der Waals surface area contributed by atoms with Gasteiger partial charge in [-0.1, -0.05) is 0 Å². The van der Waals surface area contributed by atoms with E-state index in [9.17, 15) is 39.6 Å². The van der Waals surface area contributed by atoms with Gasteiger partial charge in [0.1, 0.15) is 17.1 Å². The number of hydrogen-bond acceptors (Lipinski definition) is 11. The molecule has 13 nitrogen and oxygen atoms in total. The van der Waals surface area contributed by atoms with E-state index in [0.29, 0.717) is 11.3 Å². The molecule has 0 fully saturated rings. The van der Waals surface area contributed by atoms with E-state index in [1.54, 1.807) is 39.2 Å². The van der Waals surface area contributed by atoms with Gasteiger partial charge in [-0.05, 0) is 65.3 Å². The summed E-state index contributed by atoms with van der Waals surface area (Å²) in [5.41, 5.74) is 1.96. The fourth-order valence-corrected chi connectivity index (χ4v) is 6.33. The molecule has 43 heavy (non-hydrogen) atoms. The minimum Gasteiger partial charge on any atom is -0.510 e. The van der Waals surface area contributed by atoms with Gasteiger partial charge in [0.25, 0.3) is 5.91 Å². The number of phenols is 1. The number of anilines is 2. The Balaban J connectivity index is 0.00000506. The number of hydrogen-bond donors (Lipinski definition) is 7. The first-order chi connectivity index (χ1) is 19.3. The van der Waals surface area contributed by atoms with Crippen LogP contribution in [0.15, 0.2) is 28.7 Å². The fraction of sp³-hybridized carbons (Fsp3) is 0.517. The van der Waals surface area contributed by atoms with E-state index < -0.39 is 69.7 Å². The van der Waals surface area contributed by atoms with Gasteiger partial charge in [-0.3, -0.25) is 24.1 Å². The molecule has 0 saturated carbocycles. The Hall–Kier alpha value is -3.20. The van der Waals surface area contributed by atoms with Gasteiger partial charge in [-0.15, -0.1) is 0 Å². The van der Waals surface area contributed by atoms with E-state index in [0.717, 1.165) is 0 Å². The summed E-state index contributed by atoms with van der Waals surface area (Å²) in [6.07, 6.45) is 0.117. The summed E-state index contributed by atoms with van der Waals surface area (Å²) in [7, 11) is 6.62. The molecule has 1 aromatic carbocycles. The number of nitrogens with one attached hydrogen (secondary N) is 2. The number of primary amides is 1. The third-order valence-electron chi connectivity index (χ3n) is 8.23. The number of aromatic hydroxyl groups is 1. The normalized spacial score (nSPS) is 25.1. The number of nitrogens with two attached hydrogens (primary N) is 1. The summed E-state index contributed by atoms with van der Waals surface area (Å²) >= 11 is 0. The second kappa shape index (κ2) is 11.7. The standard InChI is InChI=1S/C29H39N5O8.Ag/c1-28(2,3)31-11-17(35)32-15-10-16(33(4)5)13-8-12-9-14-21(34(6)7)24(38)20(27(30)41)26(40)29(14,42)25(39)18(12)23(37)19(13)22(15)36;/h10,12,14,21,31,36,38-39,42H,8-9,11H2,1-7H3,(H2,30,41)(H,32,35);/t12-,14-,21-,29-;/m0./s1. The Labute approximate surface area is 265 Å². The van der Waals surface area contributed by atoms with Gasteiger partial charge < -0.3 is 41.7 Å². The molecule has 0 spiro atoms. The van der Waals surface area contributed by atoms with Crippen molar-refractivity contribution in [2.45, 2.75) is 50.8 Å². The van der Waals surface area contributed by atoms with Crippen LogP contribution in [0.5, 0.6) is 5.75 Å². The minimum atomic E-state index is -2.73. The summed E-state index contributed by atoms with van der Waals surface area (Å²) in [5.74, 6) is -7.79. The number of allylic oxidation sites excluding steroid dienone is 1. The first-order valence-electron chi connectivity index (χ1n) is 13.6. The topological polar surface area (TPSA) is 206 Å². The monoisotopic (exact) mass is 692 g/mol. The maximum Gasteiger partial charge on any atom is 0.255 e. The predicted molar refractivity (Wildman–Crippen MR) is 154 cm³/mol.